The van der Waals surface area contributed by atoms with Crippen molar-refractivity contribution in [3.63, 3.8) is 0 Å². The molecule has 7 nitrogen and oxygen atoms in total. The average Bonchev–Trinajstić information content (AvgIpc) is 2.63. The summed E-state index contributed by atoms with van der Waals surface area (Å²) < 4.78 is 16.8. The van der Waals surface area contributed by atoms with Gasteiger partial charge in [0.05, 0.1) is 31.2 Å². The monoisotopic (exact) mass is 336 g/mol. The maximum absolute atomic E-state index is 10.0. The van der Waals surface area contributed by atoms with Gasteiger partial charge in [0.2, 0.25) is 11.7 Å². The van der Waals surface area contributed by atoms with Crippen molar-refractivity contribution in [1.29, 1.82) is 21.2 Å². The minimum atomic E-state index is -1.87. The van der Waals surface area contributed by atoms with E-state index in [0.29, 0.717) is 11.3 Å². The Morgan fingerprint density at radius 1 is 1.20 bits per heavy atom. The second kappa shape index (κ2) is 5.21. The zero-order valence-electron chi connectivity index (χ0n) is 14.0. The molecule has 4 rings (SSSR count). The van der Waals surface area contributed by atoms with Crippen molar-refractivity contribution in [2.75, 3.05) is 7.11 Å². The summed E-state index contributed by atoms with van der Waals surface area (Å²) in [6.07, 6.45) is -1.01. The van der Waals surface area contributed by atoms with Gasteiger partial charge in [0.1, 0.15) is 11.9 Å². The normalized spacial score (nSPS) is 35.0. The predicted molar refractivity (Wildman–Crippen MR) is 84.9 cm³/mol. The third-order valence-electron chi connectivity index (χ3n) is 5.39. The fourth-order valence-electron chi connectivity index (χ4n) is 3.77. The van der Waals surface area contributed by atoms with Gasteiger partial charge in [-0.2, -0.15) is 15.8 Å². The van der Waals surface area contributed by atoms with Crippen molar-refractivity contribution >= 4 is 5.90 Å². The van der Waals surface area contributed by atoms with Gasteiger partial charge < -0.3 is 14.2 Å². The summed E-state index contributed by atoms with van der Waals surface area (Å²) in [5, 5.41) is 38.1. The minimum absolute atomic E-state index is 0.419. The second-order valence-electron chi connectivity index (χ2n) is 6.39. The van der Waals surface area contributed by atoms with E-state index in [1.807, 2.05) is 18.2 Å². The Morgan fingerprint density at radius 2 is 1.88 bits per heavy atom. The number of rotatable bonds is 2. The van der Waals surface area contributed by atoms with E-state index in [1.54, 1.807) is 38.1 Å². The fourth-order valence-corrected chi connectivity index (χ4v) is 3.77. The van der Waals surface area contributed by atoms with Crippen LogP contribution in [0.2, 0.25) is 0 Å². The maximum atomic E-state index is 10.0. The lowest BCUT2D eigenvalue weighted by atomic mass is 9.51. The van der Waals surface area contributed by atoms with Crippen molar-refractivity contribution in [2.45, 2.75) is 25.7 Å². The van der Waals surface area contributed by atoms with Gasteiger partial charge in [0.25, 0.3) is 0 Å². The van der Waals surface area contributed by atoms with Gasteiger partial charge in [-0.3, -0.25) is 5.41 Å². The molecule has 0 saturated carbocycles. The summed E-state index contributed by atoms with van der Waals surface area (Å²) in [4.78, 5) is 0. The summed E-state index contributed by atoms with van der Waals surface area (Å²) in [6.45, 7) is 3.22. The van der Waals surface area contributed by atoms with Crippen molar-refractivity contribution in [3.8, 4) is 24.0 Å². The van der Waals surface area contributed by atoms with Gasteiger partial charge in [-0.05, 0) is 17.7 Å². The molecule has 2 bridgehead atoms. The summed E-state index contributed by atoms with van der Waals surface area (Å²) >= 11 is 0. The van der Waals surface area contributed by atoms with Crippen molar-refractivity contribution < 1.29 is 14.2 Å². The van der Waals surface area contributed by atoms with Crippen molar-refractivity contribution in [2.24, 2.45) is 16.7 Å². The van der Waals surface area contributed by atoms with E-state index in [0.717, 1.165) is 0 Å². The maximum Gasteiger partial charge on any atom is 0.215 e. The molecule has 0 aromatic heterocycles. The van der Waals surface area contributed by atoms with Gasteiger partial charge in [-0.15, -0.1) is 0 Å². The standard InChI is InChI=1S/C18H16N4O3/c1-11-16(2)24-14(12-5-4-6-13(7-12)23-3)18(10-21,15(22)25-16)17(11,8-19)9-20/h4-7,11,14,22H,1-3H3/t11-,14+,16+,18-/m0/s1. The molecule has 0 aliphatic carbocycles. The van der Waals surface area contributed by atoms with E-state index in [-0.39, 0.29) is 0 Å². The number of hydrogen-bond donors (Lipinski definition) is 1. The Kier molecular flexibility index (Phi) is 3.49. The van der Waals surface area contributed by atoms with E-state index >= 15 is 0 Å². The summed E-state index contributed by atoms with van der Waals surface area (Å²) in [5.74, 6) is -1.97. The van der Waals surface area contributed by atoms with Crippen molar-refractivity contribution in [1.82, 2.24) is 0 Å². The van der Waals surface area contributed by atoms with E-state index in [1.165, 1.54) is 7.11 Å². The van der Waals surface area contributed by atoms with Crippen LogP contribution in [-0.4, -0.2) is 18.8 Å². The Hall–Kier alpha value is -3.08. The van der Waals surface area contributed by atoms with Crippen LogP contribution < -0.4 is 4.74 Å². The van der Waals surface area contributed by atoms with Crippen LogP contribution in [0.25, 0.3) is 0 Å². The summed E-state index contributed by atoms with van der Waals surface area (Å²) in [7, 11) is 1.51. The summed E-state index contributed by atoms with van der Waals surface area (Å²) in [5.41, 5.74) is -3.11. The Labute approximate surface area is 145 Å². The molecule has 3 saturated heterocycles. The van der Waals surface area contributed by atoms with Crippen LogP contribution in [-0.2, 0) is 9.47 Å². The molecule has 126 valence electrons. The first kappa shape index (κ1) is 16.8. The molecular weight excluding hydrogens is 320 g/mol. The third-order valence-corrected chi connectivity index (χ3v) is 5.39. The molecule has 1 aromatic rings. The van der Waals surface area contributed by atoms with Gasteiger partial charge in [-0.1, -0.05) is 19.1 Å². The fraction of sp³-hybridized carbons (Fsp3) is 0.444. The van der Waals surface area contributed by atoms with Crippen molar-refractivity contribution in [3.05, 3.63) is 29.8 Å². The molecule has 0 radical (unpaired) electrons. The molecule has 0 unspecified atom stereocenters. The molecule has 1 N–H and O–H groups in total. The molecule has 3 aliphatic rings. The van der Waals surface area contributed by atoms with Crippen LogP contribution in [0.4, 0.5) is 0 Å². The van der Waals surface area contributed by atoms with Gasteiger partial charge >= 0.3 is 0 Å². The lowest BCUT2D eigenvalue weighted by Gasteiger charge is -2.60. The van der Waals surface area contributed by atoms with Gasteiger partial charge in [-0.25, -0.2) is 0 Å². The minimum Gasteiger partial charge on any atom is -0.497 e. The topological polar surface area (TPSA) is 123 Å². The number of hydrogen-bond acceptors (Lipinski definition) is 7. The number of methoxy groups -OCH3 is 1. The molecule has 3 aliphatic heterocycles. The molecule has 1 aromatic carbocycles. The number of ether oxygens (including phenoxy) is 3. The highest BCUT2D eigenvalue weighted by atomic mass is 16.7. The molecule has 3 fully saturated rings. The molecule has 25 heavy (non-hydrogen) atoms. The van der Waals surface area contributed by atoms with E-state index < -0.39 is 34.5 Å². The van der Waals surface area contributed by atoms with E-state index in [9.17, 15) is 15.8 Å². The first-order valence-electron chi connectivity index (χ1n) is 7.68. The number of fused-ring (bicyclic) bond motifs is 3. The molecule has 3 heterocycles. The van der Waals surface area contributed by atoms with Crippen LogP contribution >= 0.6 is 0 Å². The summed E-state index contributed by atoms with van der Waals surface area (Å²) in [6, 6.07) is 12.9. The average molecular weight is 336 g/mol. The lowest BCUT2D eigenvalue weighted by molar-refractivity contribution is -0.338. The Bertz CT molecular complexity index is 864. The first-order valence-corrected chi connectivity index (χ1v) is 7.68. The highest BCUT2D eigenvalue weighted by Crippen LogP contribution is 2.66. The highest BCUT2D eigenvalue weighted by Gasteiger charge is 2.78. The van der Waals surface area contributed by atoms with E-state index in [4.69, 9.17) is 19.6 Å². The smallest absolute Gasteiger partial charge is 0.215 e. The van der Waals surface area contributed by atoms with Crippen LogP contribution in [0.3, 0.4) is 0 Å². The highest BCUT2D eigenvalue weighted by molar-refractivity contribution is 5.88. The quantitative estimate of drug-likeness (QED) is 0.885. The largest absolute Gasteiger partial charge is 0.497 e. The van der Waals surface area contributed by atoms with Crippen LogP contribution in [0.5, 0.6) is 5.75 Å². The SMILES string of the molecule is COc1cccc([C@H]2O[C@]3(C)OC(=N)[C@@]2(C#N)C(C#N)(C#N)[C@H]3C)c1. The predicted octanol–water partition coefficient (Wildman–Crippen LogP) is 2.67. The Balaban J connectivity index is 2.32. The zero-order chi connectivity index (χ0) is 18.5. The Morgan fingerprint density at radius 3 is 2.44 bits per heavy atom. The molecule has 4 atom stereocenters. The first-order chi connectivity index (χ1) is 11.8. The van der Waals surface area contributed by atoms with E-state index in [2.05, 4.69) is 0 Å². The third kappa shape index (κ3) is 1.78. The van der Waals surface area contributed by atoms with Crippen LogP contribution in [0.1, 0.15) is 25.5 Å². The second-order valence-corrected chi connectivity index (χ2v) is 6.39. The number of benzene rings is 1. The number of nitrogens with one attached hydrogen (secondary N) is 1. The molecule has 0 amide bonds. The molecular formula is C18H16N4O3. The zero-order valence-corrected chi connectivity index (χ0v) is 14.0. The molecule has 7 heteroatoms. The number of nitrogens with zero attached hydrogens (tertiary/aromatic N) is 3. The van der Waals surface area contributed by atoms with Gasteiger partial charge in [0.15, 0.2) is 10.8 Å². The number of nitriles is 3. The molecule has 0 spiro atoms. The van der Waals surface area contributed by atoms with Crippen LogP contribution in [0, 0.1) is 56.2 Å². The van der Waals surface area contributed by atoms with Crippen LogP contribution in [0.15, 0.2) is 24.3 Å². The van der Waals surface area contributed by atoms with Gasteiger partial charge in [0, 0.05) is 6.92 Å². The lowest BCUT2D eigenvalue weighted by Crippen LogP contribution is -2.71.